The van der Waals surface area contributed by atoms with Gasteiger partial charge < -0.3 is 15.5 Å². The van der Waals surface area contributed by atoms with E-state index in [1.807, 2.05) is 7.05 Å². The summed E-state index contributed by atoms with van der Waals surface area (Å²) in [7, 11) is 4.04. The Morgan fingerprint density at radius 2 is 1.69 bits per heavy atom. The normalized spacial score (nSPS) is 17.5. The summed E-state index contributed by atoms with van der Waals surface area (Å²) < 4.78 is 0. The van der Waals surface area contributed by atoms with Crippen LogP contribution in [0.3, 0.4) is 0 Å². The molecule has 0 radical (unpaired) electrons. The molecule has 1 aliphatic rings. The second kappa shape index (κ2) is 11.8. The van der Waals surface area contributed by atoms with Crippen LogP contribution in [0.15, 0.2) is 23.2 Å². The van der Waals surface area contributed by atoms with E-state index in [-0.39, 0.29) is 24.0 Å². The van der Waals surface area contributed by atoms with Crippen LogP contribution in [0.1, 0.15) is 23.6 Å². The van der Waals surface area contributed by atoms with Crippen molar-refractivity contribution >= 4 is 29.9 Å². The van der Waals surface area contributed by atoms with Gasteiger partial charge in [0.25, 0.3) is 0 Å². The highest BCUT2D eigenvalue weighted by Gasteiger charge is 2.18. The van der Waals surface area contributed by atoms with Crippen molar-refractivity contribution in [1.29, 1.82) is 0 Å². The lowest BCUT2D eigenvalue weighted by Gasteiger charge is -2.36. The maximum Gasteiger partial charge on any atom is 0.191 e. The lowest BCUT2D eigenvalue weighted by molar-refractivity contribution is 0.120. The molecule has 1 saturated heterocycles. The first kappa shape index (κ1) is 23.2. The van der Waals surface area contributed by atoms with E-state index in [1.165, 1.54) is 16.7 Å². The number of rotatable bonds is 6. The maximum atomic E-state index is 4.35. The molecule has 1 aromatic carbocycles. The van der Waals surface area contributed by atoms with Crippen LogP contribution >= 0.6 is 24.0 Å². The summed E-state index contributed by atoms with van der Waals surface area (Å²) in [6.07, 6.45) is 1.01. The van der Waals surface area contributed by atoms with Gasteiger partial charge in [-0.15, -0.1) is 24.0 Å². The van der Waals surface area contributed by atoms with E-state index < -0.39 is 0 Å². The number of guanidine groups is 1. The Bertz CT molecular complexity index is 547. The first-order chi connectivity index (χ1) is 12.0. The molecule has 2 rings (SSSR count). The highest BCUT2D eigenvalue weighted by atomic mass is 127. The molecule has 0 aromatic heterocycles. The average molecular weight is 473 g/mol. The topological polar surface area (TPSA) is 42.9 Å². The first-order valence-corrected chi connectivity index (χ1v) is 9.42. The lowest BCUT2D eigenvalue weighted by atomic mass is 10.1. The Hall–Kier alpha value is -0.860. The zero-order chi connectivity index (χ0) is 18.2. The van der Waals surface area contributed by atoms with Crippen molar-refractivity contribution in [1.82, 2.24) is 20.4 Å². The summed E-state index contributed by atoms with van der Waals surface area (Å²) in [6.45, 7) is 13.0. The van der Waals surface area contributed by atoms with Crippen LogP contribution in [0, 0.1) is 13.8 Å². The Morgan fingerprint density at radius 1 is 1.08 bits per heavy atom. The van der Waals surface area contributed by atoms with Crippen molar-refractivity contribution in [2.24, 2.45) is 4.99 Å². The Labute approximate surface area is 176 Å². The monoisotopic (exact) mass is 473 g/mol. The molecule has 0 saturated carbocycles. The van der Waals surface area contributed by atoms with Gasteiger partial charge in [0.15, 0.2) is 5.96 Å². The van der Waals surface area contributed by atoms with Crippen LogP contribution in [-0.2, 0) is 6.42 Å². The zero-order valence-electron chi connectivity index (χ0n) is 17.0. The number of hydrogen-bond acceptors (Lipinski definition) is 3. The molecule has 0 bridgehead atoms. The lowest BCUT2D eigenvalue weighted by Crippen LogP contribution is -2.52. The number of halogens is 1. The van der Waals surface area contributed by atoms with E-state index in [1.54, 1.807) is 0 Å². The van der Waals surface area contributed by atoms with Gasteiger partial charge >= 0.3 is 0 Å². The van der Waals surface area contributed by atoms with E-state index in [2.05, 4.69) is 71.4 Å². The maximum absolute atomic E-state index is 4.35. The van der Waals surface area contributed by atoms with Crippen LogP contribution in [0.2, 0.25) is 0 Å². The fourth-order valence-corrected chi connectivity index (χ4v) is 3.40. The third kappa shape index (κ3) is 7.80. The molecule has 1 atom stereocenters. The number of aryl methyl sites for hydroxylation is 2. The fraction of sp³-hybridized carbons (Fsp3) is 0.650. The summed E-state index contributed by atoms with van der Waals surface area (Å²) in [4.78, 5) is 9.30. The van der Waals surface area contributed by atoms with Crippen LogP contribution in [0.5, 0.6) is 0 Å². The smallest absolute Gasteiger partial charge is 0.191 e. The van der Waals surface area contributed by atoms with Gasteiger partial charge in [-0.3, -0.25) is 9.89 Å². The van der Waals surface area contributed by atoms with E-state index in [0.29, 0.717) is 6.04 Å². The summed E-state index contributed by atoms with van der Waals surface area (Å²) in [5.74, 6) is 0.894. The molecular weight excluding hydrogens is 437 g/mol. The standard InChI is InChI=1S/C20H35N5.HI/c1-16-12-17(2)14-19(13-16)6-7-22-20(21-4)23-15-18(3)25-10-8-24(5)9-11-25;/h12-14,18H,6-11,15H2,1-5H3,(H2,21,22,23);1H. The molecule has 1 fully saturated rings. The predicted octanol–water partition coefficient (Wildman–Crippen LogP) is 2.26. The second-order valence-electron chi connectivity index (χ2n) is 7.31. The molecule has 0 amide bonds. The third-order valence-corrected chi connectivity index (χ3v) is 4.94. The van der Waals surface area contributed by atoms with Crippen molar-refractivity contribution in [3.63, 3.8) is 0 Å². The van der Waals surface area contributed by atoms with E-state index in [0.717, 1.165) is 51.6 Å². The predicted molar refractivity (Wildman–Crippen MR) is 123 cm³/mol. The third-order valence-electron chi connectivity index (χ3n) is 4.94. The second-order valence-corrected chi connectivity index (χ2v) is 7.31. The van der Waals surface area contributed by atoms with Crippen molar-refractivity contribution in [3.8, 4) is 0 Å². The minimum Gasteiger partial charge on any atom is -0.356 e. The Kier molecular flexibility index (Phi) is 10.5. The van der Waals surface area contributed by atoms with E-state index in [9.17, 15) is 0 Å². The van der Waals surface area contributed by atoms with Gasteiger partial charge in [-0.2, -0.15) is 0 Å². The summed E-state index contributed by atoms with van der Waals surface area (Å²) >= 11 is 0. The van der Waals surface area contributed by atoms with E-state index >= 15 is 0 Å². The van der Waals surface area contributed by atoms with Crippen LogP contribution in [-0.4, -0.2) is 75.2 Å². The number of nitrogens with one attached hydrogen (secondary N) is 2. The van der Waals surface area contributed by atoms with Crippen molar-refractivity contribution in [3.05, 3.63) is 34.9 Å². The van der Waals surface area contributed by atoms with Crippen LogP contribution < -0.4 is 10.6 Å². The molecule has 5 nitrogen and oxygen atoms in total. The fourth-order valence-electron chi connectivity index (χ4n) is 3.40. The quantitative estimate of drug-likeness (QED) is 0.378. The van der Waals surface area contributed by atoms with Gasteiger partial charge in [0.2, 0.25) is 0 Å². The molecular formula is C20H36IN5. The van der Waals surface area contributed by atoms with Crippen molar-refractivity contribution < 1.29 is 0 Å². The Morgan fingerprint density at radius 3 is 2.27 bits per heavy atom. The van der Waals surface area contributed by atoms with Gasteiger partial charge in [-0.1, -0.05) is 29.3 Å². The SMILES string of the molecule is CN=C(NCCc1cc(C)cc(C)c1)NCC(C)N1CCN(C)CC1.I. The van der Waals surface area contributed by atoms with Gasteiger partial charge in [0.05, 0.1) is 0 Å². The molecule has 148 valence electrons. The van der Waals surface area contributed by atoms with E-state index in [4.69, 9.17) is 0 Å². The number of piperazine rings is 1. The minimum absolute atomic E-state index is 0. The molecule has 2 N–H and O–H groups in total. The molecule has 6 heteroatoms. The minimum atomic E-state index is 0. The molecule has 1 aliphatic heterocycles. The summed E-state index contributed by atoms with van der Waals surface area (Å²) in [6, 6.07) is 7.27. The number of nitrogens with zero attached hydrogens (tertiary/aromatic N) is 3. The first-order valence-electron chi connectivity index (χ1n) is 9.42. The molecule has 1 aromatic rings. The molecule has 1 heterocycles. The van der Waals surface area contributed by atoms with Gasteiger partial charge in [-0.05, 0) is 39.8 Å². The van der Waals surface area contributed by atoms with Crippen LogP contribution in [0.25, 0.3) is 0 Å². The van der Waals surface area contributed by atoms with Crippen molar-refractivity contribution in [2.45, 2.75) is 33.2 Å². The average Bonchev–Trinajstić information content (AvgIpc) is 2.57. The summed E-state index contributed by atoms with van der Waals surface area (Å²) in [5.41, 5.74) is 4.04. The molecule has 26 heavy (non-hydrogen) atoms. The van der Waals surface area contributed by atoms with Gasteiger partial charge in [0.1, 0.15) is 0 Å². The number of hydrogen-bond donors (Lipinski definition) is 2. The van der Waals surface area contributed by atoms with Crippen LogP contribution in [0.4, 0.5) is 0 Å². The number of aliphatic imine (C=N–C) groups is 1. The Balaban J connectivity index is 0.00000338. The highest BCUT2D eigenvalue weighted by molar-refractivity contribution is 14.0. The largest absolute Gasteiger partial charge is 0.356 e. The number of likely N-dealkylation sites (N-methyl/N-ethyl adjacent to an activating group) is 1. The molecule has 0 aliphatic carbocycles. The molecule has 0 spiro atoms. The van der Waals surface area contributed by atoms with Gasteiger partial charge in [0, 0.05) is 52.4 Å². The highest BCUT2D eigenvalue weighted by Crippen LogP contribution is 2.09. The number of benzene rings is 1. The molecule has 1 unspecified atom stereocenters. The van der Waals surface area contributed by atoms with Crippen molar-refractivity contribution in [2.75, 3.05) is 53.4 Å². The summed E-state index contributed by atoms with van der Waals surface area (Å²) in [5, 5.41) is 6.90. The van der Waals surface area contributed by atoms with Gasteiger partial charge in [-0.25, -0.2) is 0 Å². The zero-order valence-corrected chi connectivity index (χ0v) is 19.3.